The van der Waals surface area contributed by atoms with Crippen LogP contribution in [0, 0.1) is 31.9 Å². The molecule has 0 aliphatic carbocycles. The van der Waals surface area contributed by atoms with Crippen molar-refractivity contribution in [2.75, 3.05) is 0 Å². The minimum Gasteiger partial charge on any atom is -0.298 e. The van der Waals surface area contributed by atoms with Gasteiger partial charge in [0.2, 0.25) is 0 Å². The van der Waals surface area contributed by atoms with Gasteiger partial charge in [-0.1, -0.05) is 0 Å². The molecule has 0 heterocycles. The van der Waals surface area contributed by atoms with Crippen LogP contribution in [0.3, 0.4) is 0 Å². The fourth-order valence-corrected chi connectivity index (χ4v) is 1.65. The van der Waals surface area contributed by atoms with Gasteiger partial charge in [-0.25, -0.2) is 17.6 Å². The van der Waals surface area contributed by atoms with Crippen LogP contribution in [0.15, 0.2) is 36.4 Å². The highest BCUT2D eigenvalue weighted by atomic mass is 19.3. The van der Waals surface area contributed by atoms with Gasteiger partial charge in [-0.3, -0.25) is 25.0 Å². The van der Waals surface area contributed by atoms with Crippen molar-refractivity contribution in [3.8, 4) is 0 Å². The van der Waals surface area contributed by atoms with E-state index in [4.69, 9.17) is 0 Å². The van der Waals surface area contributed by atoms with Crippen LogP contribution >= 0.6 is 0 Å². The molecule has 2 aromatic rings. The molecule has 11 heteroatoms. The molecule has 0 radical (unpaired) electrons. The summed E-state index contributed by atoms with van der Waals surface area (Å²) in [6, 6.07) is 4.67. The van der Waals surface area contributed by atoms with E-state index in [9.17, 15) is 42.6 Å². The second-order valence-corrected chi connectivity index (χ2v) is 4.34. The van der Waals surface area contributed by atoms with Crippen LogP contribution in [0.4, 0.5) is 28.9 Å². The Morgan fingerprint density at radius 3 is 1.80 bits per heavy atom. The Bertz CT molecular complexity index is 814. The summed E-state index contributed by atoms with van der Waals surface area (Å²) in [6.45, 7) is 0. The maximum absolute atomic E-state index is 12.4. The number of halogens is 4. The van der Waals surface area contributed by atoms with E-state index in [1.807, 2.05) is 0 Å². The second kappa shape index (κ2) is 8.47. The van der Waals surface area contributed by atoms with E-state index < -0.39 is 39.2 Å². The lowest BCUT2D eigenvalue weighted by atomic mass is 10.2. The van der Waals surface area contributed by atoms with Crippen LogP contribution < -0.4 is 0 Å². The Balaban J connectivity index is 0.000000251. The van der Waals surface area contributed by atoms with Crippen molar-refractivity contribution < 1.29 is 32.2 Å². The largest absolute Gasteiger partial charge is 0.298 e. The summed E-state index contributed by atoms with van der Waals surface area (Å²) in [5.74, 6) is -1.58. The number of alkyl halides is 2. The molecule has 0 amide bonds. The van der Waals surface area contributed by atoms with Gasteiger partial charge in [-0.15, -0.1) is 0 Å². The zero-order chi connectivity index (χ0) is 19.1. The predicted molar refractivity (Wildman–Crippen MR) is 76.5 cm³/mol. The highest BCUT2D eigenvalue weighted by Crippen LogP contribution is 2.29. The highest BCUT2D eigenvalue weighted by molar-refractivity contribution is 5.81. The van der Waals surface area contributed by atoms with Gasteiger partial charge in [-0.05, 0) is 24.3 Å². The molecule has 0 atom stereocenters. The van der Waals surface area contributed by atoms with Crippen molar-refractivity contribution in [1.82, 2.24) is 0 Å². The molecule has 0 saturated heterocycles. The Morgan fingerprint density at radius 2 is 1.36 bits per heavy atom. The van der Waals surface area contributed by atoms with Crippen molar-refractivity contribution >= 4 is 17.7 Å². The van der Waals surface area contributed by atoms with Gasteiger partial charge in [0.05, 0.1) is 21.0 Å². The quantitative estimate of drug-likeness (QED) is 0.351. The normalized spacial score (nSPS) is 9.96. The molecular formula is C14H8F4N2O5. The van der Waals surface area contributed by atoms with E-state index in [0.29, 0.717) is 6.07 Å². The Morgan fingerprint density at radius 1 is 0.880 bits per heavy atom. The third-order valence-corrected chi connectivity index (χ3v) is 2.73. The predicted octanol–water partition coefficient (Wildman–Crippen LogP) is 4.22. The molecule has 7 nitrogen and oxygen atoms in total. The molecule has 0 aliphatic rings. The summed E-state index contributed by atoms with van der Waals surface area (Å²) >= 11 is 0. The third kappa shape index (κ3) is 5.34. The maximum atomic E-state index is 12.4. The average Bonchev–Trinajstić information content (AvgIpc) is 2.54. The number of aldehydes is 1. The van der Waals surface area contributed by atoms with E-state index in [1.54, 1.807) is 0 Å². The highest BCUT2D eigenvalue weighted by Gasteiger charge is 2.21. The number of carbonyl (C=O) groups is 1. The van der Waals surface area contributed by atoms with Crippen LogP contribution in [-0.2, 0) is 0 Å². The minimum absolute atomic E-state index is 0.250. The van der Waals surface area contributed by atoms with Crippen LogP contribution in [0.2, 0.25) is 0 Å². The lowest BCUT2D eigenvalue weighted by molar-refractivity contribution is -0.386. The van der Waals surface area contributed by atoms with Crippen LogP contribution in [0.25, 0.3) is 0 Å². The summed E-state index contributed by atoms with van der Waals surface area (Å²) in [5, 5.41) is 20.4. The number of benzene rings is 2. The number of nitrogens with zero attached hydrogens (tertiary/aromatic N) is 2. The molecule has 0 spiro atoms. The van der Waals surface area contributed by atoms with Crippen molar-refractivity contribution in [2.45, 2.75) is 6.43 Å². The summed E-state index contributed by atoms with van der Waals surface area (Å²) in [4.78, 5) is 28.9. The van der Waals surface area contributed by atoms with Gasteiger partial charge < -0.3 is 0 Å². The number of rotatable bonds is 4. The third-order valence-electron chi connectivity index (χ3n) is 2.73. The Hall–Kier alpha value is -3.37. The summed E-state index contributed by atoms with van der Waals surface area (Å²) in [5.41, 5.74) is -2.30. The minimum atomic E-state index is -3.05. The smallest absolute Gasteiger partial charge is 0.280 e. The van der Waals surface area contributed by atoms with Gasteiger partial charge in [-0.2, -0.15) is 0 Å². The zero-order valence-electron chi connectivity index (χ0n) is 12.1. The molecule has 25 heavy (non-hydrogen) atoms. The maximum Gasteiger partial charge on any atom is 0.280 e. The van der Waals surface area contributed by atoms with E-state index in [2.05, 4.69) is 0 Å². The molecule has 0 aliphatic heterocycles. The van der Waals surface area contributed by atoms with Crippen molar-refractivity contribution in [3.05, 3.63) is 79.4 Å². The lowest BCUT2D eigenvalue weighted by Gasteiger charge is -2.00. The van der Waals surface area contributed by atoms with Gasteiger partial charge in [0.1, 0.15) is 11.6 Å². The first-order valence-electron chi connectivity index (χ1n) is 6.28. The van der Waals surface area contributed by atoms with Gasteiger partial charge in [0.15, 0.2) is 6.29 Å². The topological polar surface area (TPSA) is 103 Å². The van der Waals surface area contributed by atoms with Crippen molar-refractivity contribution in [3.63, 3.8) is 0 Å². The number of nitro groups is 2. The number of nitro benzene ring substituents is 2. The van der Waals surface area contributed by atoms with Gasteiger partial charge >= 0.3 is 0 Å². The number of hydrogen-bond donors (Lipinski definition) is 0. The van der Waals surface area contributed by atoms with Gasteiger partial charge in [0.25, 0.3) is 17.8 Å². The van der Waals surface area contributed by atoms with Crippen molar-refractivity contribution in [2.24, 2.45) is 0 Å². The van der Waals surface area contributed by atoms with E-state index in [0.717, 1.165) is 30.3 Å². The Labute approximate surface area is 136 Å². The average molecular weight is 360 g/mol. The molecule has 0 unspecified atom stereocenters. The first-order chi connectivity index (χ1) is 11.7. The van der Waals surface area contributed by atoms with Gasteiger partial charge in [0, 0.05) is 12.1 Å². The van der Waals surface area contributed by atoms with Crippen LogP contribution in [0.5, 0.6) is 0 Å². The second-order valence-electron chi connectivity index (χ2n) is 4.34. The first-order valence-corrected chi connectivity index (χ1v) is 6.28. The molecule has 0 N–H and O–H groups in total. The SMILES string of the molecule is O=Cc1cc(F)ccc1[N+](=O)[O-].O=[N+]([O-])c1ccc(F)cc1C(F)F. The molecule has 2 aromatic carbocycles. The van der Waals surface area contributed by atoms with E-state index >= 15 is 0 Å². The lowest BCUT2D eigenvalue weighted by Crippen LogP contribution is -1.96. The molecule has 2 rings (SSSR count). The molecule has 0 saturated carbocycles. The zero-order valence-corrected chi connectivity index (χ0v) is 12.1. The summed E-state index contributed by atoms with van der Waals surface area (Å²) in [6.07, 6.45) is -2.79. The van der Waals surface area contributed by atoms with Crippen molar-refractivity contribution in [1.29, 1.82) is 0 Å². The fourth-order valence-electron chi connectivity index (χ4n) is 1.65. The number of hydrogen-bond acceptors (Lipinski definition) is 5. The van der Waals surface area contributed by atoms with Crippen LogP contribution in [0.1, 0.15) is 22.3 Å². The molecular weight excluding hydrogens is 352 g/mol. The molecule has 0 fully saturated rings. The molecule has 132 valence electrons. The summed E-state index contributed by atoms with van der Waals surface area (Å²) < 4.78 is 49.0. The fraction of sp³-hybridized carbons (Fsp3) is 0.0714. The van der Waals surface area contributed by atoms with E-state index in [-0.39, 0.29) is 17.5 Å². The molecule has 0 aromatic heterocycles. The van der Waals surface area contributed by atoms with E-state index in [1.165, 1.54) is 0 Å². The first kappa shape index (κ1) is 19.7. The standard InChI is InChI=1S/C7H4F3NO2.C7H4FNO3/c8-4-1-2-6(11(12)13)5(3-4)7(9)10;8-6-1-2-7(9(11)12)5(3-6)4-10/h1-3,7H;1-4H. The number of carbonyl (C=O) groups excluding carboxylic acids is 1. The summed E-state index contributed by atoms with van der Waals surface area (Å²) in [7, 11) is 0. The monoisotopic (exact) mass is 360 g/mol. The van der Waals surface area contributed by atoms with Crippen LogP contribution in [-0.4, -0.2) is 16.1 Å². The molecule has 0 bridgehead atoms. The Kier molecular flexibility index (Phi) is 6.67.